The zero-order valence-electron chi connectivity index (χ0n) is 15.8. The number of fused-ring (bicyclic) bond motifs is 1. The molecule has 6 nitrogen and oxygen atoms in total. The van der Waals surface area contributed by atoms with Crippen LogP contribution in [0.2, 0.25) is 0 Å². The molecule has 28 heavy (non-hydrogen) atoms. The maximum Gasteiger partial charge on any atom is 0.259 e. The summed E-state index contributed by atoms with van der Waals surface area (Å²) < 4.78 is 10.8. The molecule has 0 unspecified atom stereocenters. The number of carbonyl (C=O) groups excluding carboxylic acids is 1. The molecule has 0 saturated carbocycles. The standard InChI is InChI=1S/C22H23N3O3/c1-27-21-13-16-5-3-2-4-15(16)12-18(21)22(26)24-17-6-7-20(19(23)14-17)25-8-10-28-11-9-25/h2-7,12-14H,8-11,23H2,1H3,(H,24,26). The van der Waals surface area contributed by atoms with Crippen molar-refractivity contribution in [3.05, 3.63) is 60.2 Å². The second-order valence-electron chi connectivity index (χ2n) is 6.73. The number of carbonyl (C=O) groups is 1. The second-order valence-corrected chi connectivity index (χ2v) is 6.73. The normalized spacial score (nSPS) is 14.1. The number of ether oxygens (including phenoxy) is 2. The van der Waals surface area contributed by atoms with Gasteiger partial charge in [0, 0.05) is 18.8 Å². The van der Waals surface area contributed by atoms with Gasteiger partial charge in [-0.2, -0.15) is 0 Å². The molecule has 3 aromatic carbocycles. The van der Waals surface area contributed by atoms with Gasteiger partial charge in [-0.05, 0) is 41.1 Å². The number of benzene rings is 3. The Morgan fingerprint density at radius 2 is 1.79 bits per heavy atom. The first kappa shape index (κ1) is 18.1. The van der Waals surface area contributed by atoms with Gasteiger partial charge >= 0.3 is 0 Å². The van der Waals surface area contributed by atoms with Gasteiger partial charge in [0.1, 0.15) is 5.75 Å². The summed E-state index contributed by atoms with van der Waals surface area (Å²) in [4.78, 5) is 15.1. The van der Waals surface area contributed by atoms with E-state index in [1.165, 1.54) is 0 Å². The Kier molecular flexibility index (Phi) is 5.04. The first-order chi connectivity index (χ1) is 13.7. The summed E-state index contributed by atoms with van der Waals surface area (Å²) >= 11 is 0. The van der Waals surface area contributed by atoms with Gasteiger partial charge in [0.15, 0.2) is 0 Å². The van der Waals surface area contributed by atoms with E-state index in [0.29, 0.717) is 35.9 Å². The molecule has 3 aromatic rings. The number of anilines is 3. The van der Waals surface area contributed by atoms with Gasteiger partial charge in [0.05, 0.1) is 37.3 Å². The van der Waals surface area contributed by atoms with E-state index in [-0.39, 0.29) is 5.91 Å². The van der Waals surface area contributed by atoms with E-state index >= 15 is 0 Å². The summed E-state index contributed by atoms with van der Waals surface area (Å²) in [6, 6.07) is 17.2. The van der Waals surface area contributed by atoms with Crippen molar-refractivity contribution in [3.8, 4) is 5.75 Å². The summed E-state index contributed by atoms with van der Waals surface area (Å²) in [5, 5.41) is 4.93. The van der Waals surface area contributed by atoms with E-state index in [2.05, 4.69) is 10.2 Å². The van der Waals surface area contributed by atoms with Crippen molar-refractivity contribution in [2.75, 3.05) is 49.4 Å². The van der Waals surface area contributed by atoms with Crippen LogP contribution in [-0.4, -0.2) is 39.3 Å². The van der Waals surface area contributed by atoms with Gasteiger partial charge in [-0.3, -0.25) is 4.79 Å². The minimum absolute atomic E-state index is 0.235. The maximum absolute atomic E-state index is 12.9. The van der Waals surface area contributed by atoms with Crippen LogP contribution in [0.5, 0.6) is 5.75 Å². The first-order valence-corrected chi connectivity index (χ1v) is 9.26. The van der Waals surface area contributed by atoms with Crippen LogP contribution in [0.1, 0.15) is 10.4 Å². The first-order valence-electron chi connectivity index (χ1n) is 9.26. The van der Waals surface area contributed by atoms with Gasteiger partial charge in [0.2, 0.25) is 0 Å². The van der Waals surface area contributed by atoms with E-state index in [0.717, 1.165) is 29.5 Å². The van der Waals surface area contributed by atoms with Crippen LogP contribution in [0.3, 0.4) is 0 Å². The Bertz CT molecular complexity index is 1010. The van der Waals surface area contributed by atoms with Crippen LogP contribution in [0.15, 0.2) is 54.6 Å². The predicted molar refractivity (Wildman–Crippen MR) is 112 cm³/mol. The van der Waals surface area contributed by atoms with E-state index in [4.69, 9.17) is 15.2 Å². The number of nitrogens with zero attached hydrogens (tertiary/aromatic N) is 1. The Hall–Kier alpha value is -3.25. The molecule has 1 amide bonds. The molecule has 0 radical (unpaired) electrons. The van der Waals surface area contributed by atoms with Crippen molar-refractivity contribution in [3.63, 3.8) is 0 Å². The SMILES string of the molecule is COc1cc2ccccc2cc1C(=O)Nc1ccc(N2CCOCC2)c(N)c1. The van der Waals surface area contributed by atoms with Crippen molar-refractivity contribution in [1.82, 2.24) is 0 Å². The zero-order valence-corrected chi connectivity index (χ0v) is 15.8. The van der Waals surface area contributed by atoms with Gasteiger partial charge < -0.3 is 25.4 Å². The van der Waals surface area contributed by atoms with E-state index in [9.17, 15) is 4.79 Å². The molecule has 1 saturated heterocycles. The summed E-state index contributed by atoms with van der Waals surface area (Å²) in [6.07, 6.45) is 0. The molecule has 0 bridgehead atoms. The lowest BCUT2D eigenvalue weighted by molar-refractivity contribution is 0.102. The molecule has 144 valence electrons. The molecule has 0 atom stereocenters. The molecule has 4 rings (SSSR count). The number of nitrogens with two attached hydrogens (primary N) is 1. The van der Waals surface area contributed by atoms with Gasteiger partial charge in [-0.15, -0.1) is 0 Å². The molecule has 1 aliphatic rings. The third-order valence-corrected chi connectivity index (χ3v) is 4.95. The Morgan fingerprint density at radius 1 is 1.07 bits per heavy atom. The molecule has 1 fully saturated rings. The topological polar surface area (TPSA) is 76.8 Å². The van der Waals surface area contributed by atoms with Crippen molar-refractivity contribution >= 4 is 33.7 Å². The number of hydrogen-bond donors (Lipinski definition) is 2. The minimum atomic E-state index is -0.235. The third kappa shape index (κ3) is 3.59. The summed E-state index contributed by atoms with van der Waals surface area (Å²) in [5.74, 6) is 0.301. The highest BCUT2D eigenvalue weighted by atomic mass is 16.5. The Labute approximate surface area is 163 Å². The average Bonchev–Trinajstić information content (AvgIpc) is 2.73. The molecular formula is C22H23N3O3. The van der Waals surface area contributed by atoms with Gasteiger partial charge in [0.25, 0.3) is 5.91 Å². The summed E-state index contributed by atoms with van der Waals surface area (Å²) in [7, 11) is 1.57. The van der Waals surface area contributed by atoms with Crippen LogP contribution in [0.4, 0.5) is 17.1 Å². The maximum atomic E-state index is 12.9. The average molecular weight is 377 g/mol. The van der Waals surface area contributed by atoms with Gasteiger partial charge in [-0.25, -0.2) is 0 Å². The van der Waals surface area contributed by atoms with Crippen molar-refractivity contribution in [2.45, 2.75) is 0 Å². The molecule has 0 aromatic heterocycles. The van der Waals surface area contributed by atoms with Crippen LogP contribution in [0, 0.1) is 0 Å². The number of methoxy groups -OCH3 is 1. The molecule has 1 heterocycles. The number of morpholine rings is 1. The second kappa shape index (κ2) is 7.78. The predicted octanol–water partition coefficient (Wildman–Crippen LogP) is 3.52. The van der Waals surface area contributed by atoms with E-state index in [1.54, 1.807) is 13.2 Å². The molecular weight excluding hydrogens is 354 g/mol. The summed E-state index contributed by atoms with van der Waals surface area (Å²) in [5.41, 5.74) is 8.96. The number of nitrogen functional groups attached to an aromatic ring is 1. The Morgan fingerprint density at radius 3 is 2.46 bits per heavy atom. The molecule has 3 N–H and O–H groups in total. The smallest absolute Gasteiger partial charge is 0.259 e. The van der Waals surface area contributed by atoms with Crippen molar-refractivity contribution < 1.29 is 14.3 Å². The minimum Gasteiger partial charge on any atom is -0.496 e. The molecule has 0 aliphatic carbocycles. The number of hydrogen-bond acceptors (Lipinski definition) is 5. The number of amides is 1. The van der Waals surface area contributed by atoms with Crippen LogP contribution in [-0.2, 0) is 4.74 Å². The molecule has 6 heteroatoms. The lowest BCUT2D eigenvalue weighted by Crippen LogP contribution is -2.36. The fourth-order valence-corrected chi connectivity index (χ4v) is 3.49. The largest absolute Gasteiger partial charge is 0.496 e. The fraction of sp³-hybridized carbons (Fsp3) is 0.227. The molecule has 1 aliphatic heterocycles. The van der Waals surface area contributed by atoms with Crippen LogP contribution in [0.25, 0.3) is 10.8 Å². The number of nitrogens with one attached hydrogen (secondary N) is 1. The van der Waals surface area contributed by atoms with Gasteiger partial charge in [-0.1, -0.05) is 24.3 Å². The van der Waals surface area contributed by atoms with E-state index in [1.807, 2.05) is 48.5 Å². The fourth-order valence-electron chi connectivity index (χ4n) is 3.49. The molecule has 0 spiro atoms. The van der Waals surface area contributed by atoms with Crippen molar-refractivity contribution in [1.29, 1.82) is 0 Å². The quantitative estimate of drug-likeness (QED) is 0.681. The van der Waals surface area contributed by atoms with Crippen LogP contribution < -0.4 is 20.7 Å². The van der Waals surface area contributed by atoms with E-state index < -0.39 is 0 Å². The third-order valence-electron chi connectivity index (χ3n) is 4.95. The van der Waals surface area contributed by atoms with Crippen molar-refractivity contribution in [2.24, 2.45) is 0 Å². The monoisotopic (exact) mass is 377 g/mol. The van der Waals surface area contributed by atoms with Crippen LogP contribution >= 0.6 is 0 Å². The zero-order chi connectivity index (χ0) is 19.5. The Balaban J connectivity index is 1.58. The number of rotatable bonds is 4. The summed E-state index contributed by atoms with van der Waals surface area (Å²) in [6.45, 7) is 3.01. The lowest BCUT2D eigenvalue weighted by Gasteiger charge is -2.30. The highest BCUT2D eigenvalue weighted by molar-refractivity contribution is 6.09. The lowest BCUT2D eigenvalue weighted by atomic mass is 10.1. The highest BCUT2D eigenvalue weighted by Gasteiger charge is 2.17. The highest BCUT2D eigenvalue weighted by Crippen LogP contribution is 2.29.